The maximum Gasteiger partial charge on any atom is 0.336 e. The fourth-order valence-corrected chi connectivity index (χ4v) is 1.52. The van der Waals surface area contributed by atoms with E-state index in [1.807, 2.05) is 20.8 Å². The molecule has 1 aromatic carbocycles. The first-order valence-corrected chi connectivity index (χ1v) is 5.37. The predicted molar refractivity (Wildman–Crippen MR) is 65.5 cm³/mol. The van der Waals surface area contributed by atoms with Crippen LogP contribution in [-0.4, -0.2) is 24.0 Å². The van der Waals surface area contributed by atoms with Crippen molar-refractivity contribution in [3.05, 3.63) is 34.9 Å². The highest BCUT2D eigenvalue weighted by Crippen LogP contribution is 2.24. The molecule has 0 aromatic heterocycles. The van der Waals surface area contributed by atoms with E-state index < -0.39 is 5.97 Å². The van der Waals surface area contributed by atoms with E-state index in [0.29, 0.717) is 0 Å². The standard InChI is InChI=1S/C13H17NO3/c1-13(2,3)8-5-6-9(12(16)17)10(7-8)11(15)14-4/h5-7H,1-4H3,(H,14,15)(H,16,17). The van der Waals surface area contributed by atoms with Crippen LogP contribution in [0.25, 0.3) is 0 Å². The average Bonchev–Trinajstić information content (AvgIpc) is 2.25. The zero-order chi connectivity index (χ0) is 13.2. The van der Waals surface area contributed by atoms with Crippen molar-refractivity contribution in [1.29, 1.82) is 0 Å². The molecule has 0 aliphatic carbocycles. The third-order valence-corrected chi connectivity index (χ3v) is 2.59. The molecule has 1 amide bonds. The molecular weight excluding hydrogens is 218 g/mol. The molecule has 0 fully saturated rings. The van der Waals surface area contributed by atoms with E-state index in [-0.39, 0.29) is 22.4 Å². The van der Waals surface area contributed by atoms with Gasteiger partial charge in [0.05, 0.1) is 11.1 Å². The summed E-state index contributed by atoms with van der Waals surface area (Å²) in [6.45, 7) is 6.03. The number of nitrogens with one attached hydrogen (secondary N) is 1. The van der Waals surface area contributed by atoms with Gasteiger partial charge >= 0.3 is 5.97 Å². The van der Waals surface area contributed by atoms with Gasteiger partial charge in [-0.3, -0.25) is 4.79 Å². The summed E-state index contributed by atoms with van der Waals surface area (Å²) in [4.78, 5) is 22.7. The van der Waals surface area contributed by atoms with Gasteiger partial charge in [0, 0.05) is 7.05 Å². The first kappa shape index (κ1) is 13.2. The minimum Gasteiger partial charge on any atom is -0.478 e. The van der Waals surface area contributed by atoms with E-state index in [4.69, 9.17) is 5.11 Å². The van der Waals surface area contributed by atoms with Gasteiger partial charge in [-0.2, -0.15) is 0 Å². The van der Waals surface area contributed by atoms with Crippen LogP contribution in [0.15, 0.2) is 18.2 Å². The summed E-state index contributed by atoms with van der Waals surface area (Å²) in [5, 5.41) is 11.5. The Morgan fingerprint density at radius 3 is 2.18 bits per heavy atom. The maximum absolute atomic E-state index is 11.6. The second-order valence-corrected chi connectivity index (χ2v) is 4.89. The van der Waals surface area contributed by atoms with Crippen molar-refractivity contribution < 1.29 is 14.7 Å². The lowest BCUT2D eigenvalue weighted by Crippen LogP contribution is -2.22. The van der Waals surface area contributed by atoms with Gasteiger partial charge in [0.25, 0.3) is 5.91 Å². The number of carboxylic acid groups (broad SMARTS) is 1. The van der Waals surface area contributed by atoms with Crippen molar-refractivity contribution in [2.75, 3.05) is 7.05 Å². The molecule has 0 bridgehead atoms. The smallest absolute Gasteiger partial charge is 0.336 e. The number of carbonyl (C=O) groups is 2. The quantitative estimate of drug-likeness (QED) is 0.824. The first-order valence-electron chi connectivity index (χ1n) is 5.37. The van der Waals surface area contributed by atoms with Gasteiger partial charge < -0.3 is 10.4 Å². The third-order valence-electron chi connectivity index (χ3n) is 2.59. The Labute approximate surface area is 101 Å². The lowest BCUT2D eigenvalue weighted by molar-refractivity contribution is 0.0691. The van der Waals surface area contributed by atoms with Crippen molar-refractivity contribution in [3.63, 3.8) is 0 Å². The van der Waals surface area contributed by atoms with Crippen LogP contribution in [0.4, 0.5) is 0 Å². The number of rotatable bonds is 2. The number of amides is 1. The van der Waals surface area contributed by atoms with Gasteiger partial charge in [0.2, 0.25) is 0 Å². The van der Waals surface area contributed by atoms with Gasteiger partial charge in [-0.1, -0.05) is 26.8 Å². The lowest BCUT2D eigenvalue weighted by atomic mass is 9.85. The largest absolute Gasteiger partial charge is 0.478 e. The van der Waals surface area contributed by atoms with Crippen molar-refractivity contribution in [2.24, 2.45) is 0 Å². The second kappa shape index (κ2) is 4.57. The SMILES string of the molecule is CNC(=O)c1cc(C(C)(C)C)ccc1C(=O)O. The summed E-state index contributed by atoms with van der Waals surface area (Å²) < 4.78 is 0. The third kappa shape index (κ3) is 2.84. The minimum absolute atomic E-state index is 0.0253. The van der Waals surface area contributed by atoms with E-state index in [2.05, 4.69) is 5.32 Å². The number of carboxylic acids is 1. The van der Waals surface area contributed by atoms with E-state index in [1.54, 1.807) is 12.1 Å². The van der Waals surface area contributed by atoms with Crippen molar-refractivity contribution in [1.82, 2.24) is 5.32 Å². The van der Waals surface area contributed by atoms with Gasteiger partial charge in [0.1, 0.15) is 0 Å². The lowest BCUT2D eigenvalue weighted by Gasteiger charge is -2.20. The zero-order valence-electron chi connectivity index (χ0n) is 10.5. The molecule has 0 saturated carbocycles. The number of hydrogen-bond donors (Lipinski definition) is 2. The van der Waals surface area contributed by atoms with Crippen LogP contribution in [0, 0.1) is 0 Å². The van der Waals surface area contributed by atoms with Crippen LogP contribution in [0.1, 0.15) is 47.1 Å². The molecule has 1 rings (SSSR count). The average molecular weight is 235 g/mol. The highest BCUT2D eigenvalue weighted by atomic mass is 16.4. The minimum atomic E-state index is -1.09. The molecule has 17 heavy (non-hydrogen) atoms. The molecule has 0 radical (unpaired) electrons. The number of benzene rings is 1. The fraction of sp³-hybridized carbons (Fsp3) is 0.385. The van der Waals surface area contributed by atoms with Crippen molar-refractivity contribution in [3.8, 4) is 0 Å². The second-order valence-electron chi connectivity index (χ2n) is 4.89. The van der Waals surface area contributed by atoms with E-state index in [1.165, 1.54) is 13.1 Å². The molecule has 4 nitrogen and oxygen atoms in total. The first-order chi connectivity index (χ1) is 7.77. The zero-order valence-corrected chi connectivity index (χ0v) is 10.5. The molecule has 0 atom stereocenters. The van der Waals surface area contributed by atoms with Crippen LogP contribution < -0.4 is 5.32 Å². The Morgan fingerprint density at radius 1 is 1.18 bits per heavy atom. The highest BCUT2D eigenvalue weighted by molar-refractivity contribution is 6.04. The summed E-state index contributed by atoms with van der Waals surface area (Å²) in [5.74, 6) is -1.47. The fourth-order valence-electron chi connectivity index (χ4n) is 1.52. The molecular formula is C13H17NO3. The van der Waals surface area contributed by atoms with E-state index in [0.717, 1.165) is 5.56 Å². The normalized spacial score (nSPS) is 11.1. The van der Waals surface area contributed by atoms with E-state index in [9.17, 15) is 9.59 Å². The molecule has 2 N–H and O–H groups in total. The topological polar surface area (TPSA) is 66.4 Å². The van der Waals surface area contributed by atoms with E-state index >= 15 is 0 Å². The molecule has 0 spiro atoms. The van der Waals surface area contributed by atoms with Crippen LogP contribution in [0.3, 0.4) is 0 Å². The maximum atomic E-state index is 11.6. The van der Waals surface area contributed by atoms with Gasteiger partial charge in [-0.15, -0.1) is 0 Å². The Hall–Kier alpha value is -1.84. The van der Waals surface area contributed by atoms with Gasteiger partial charge in [-0.25, -0.2) is 4.79 Å². The van der Waals surface area contributed by atoms with Crippen LogP contribution >= 0.6 is 0 Å². The summed E-state index contributed by atoms with van der Waals surface area (Å²) in [5.41, 5.74) is 1.03. The van der Waals surface area contributed by atoms with Crippen LogP contribution in [0.2, 0.25) is 0 Å². The van der Waals surface area contributed by atoms with Gasteiger partial charge in [-0.05, 0) is 23.1 Å². The van der Waals surface area contributed by atoms with Crippen LogP contribution in [0.5, 0.6) is 0 Å². The Morgan fingerprint density at radius 2 is 1.76 bits per heavy atom. The molecule has 0 aliphatic heterocycles. The van der Waals surface area contributed by atoms with Gasteiger partial charge in [0.15, 0.2) is 0 Å². The molecule has 0 aliphatic rings. The molecule has 4 heteroatoms. The molecule has 0 unspecified atom stereocenters. The van der Waals surface area contributed by atoms with Crippen LogP contribution in [-0.2, 0) is 5.41 Å². The van der Waals surface area contributed by atoms with Crippen molar-refractivity contribution in [2.45, 2.75) is 26.2 Å². The Kier molecular flexibility index (Phi) is 3.56. The Balaban J connectivity index is 3.39. The number of aromatic carboxylic acids is 1. The summed E-state index contributed by atoms with van der Waals surface area (Å²) in [6, 6.07) is 4.87. The molecule has 1 aromatic rings. The molecule has 0 heterocycles. The summed E-state index contributed by atoms with van der Waals surface area (Å²) in [7, 11) is 1.48. The highest BCUT2D eigenvalue weighted by Gasteiger charge is 2.20. The number of hydrogen-bond acceptors (Lipinski definition) is 2. The number of carbonyl (C=O) groups excluding carboxylic acids is 1. The molecule has 92 valence electrons. The predicted octanol–water partition coefficient (Wildman–Crippen LogP) is 2.04. The van der Waals surface area contributed by atoms with Crippen molar-refractivity contribution >= 4 is 11.9 Å². The Bertz CT molecular complexity index is 458. The summed E-state index contributed by atoms with van der Waals surface area (Å²) in [6.07, 6.45) is 0. The molecule has 0 saturated heterocycles. The monoisotopic (exact) mass is 235 g/mol. The summed E-state index contributed by atoms with van der Waals surface area (Å²) >= 11 is 0.